The number of aromatic nitrogens is 7. The molecule has 9 nitrogen and oxygen atoms in total. The van der Waals surface area contributed by atoms with Crippen molar-refractivity contribution in [2.75, 3.05) is 13.7 Å². The van der Waals surface area contributed by atoms with Gasteiger partial charge in [0.1, 0.15) is 12.4 Å². The van der Waals surface area contributed by atoms with Gasteiger partial charge in [0.15, 0.2) is 11.6 Å². The first-order valence-electron chi connectivity index (χ1n) is 13.2. The normalized spacial score (nSPS) is 9.74. The van der Waals surface area contributed by atoms with Crippen molar-refractivity contribution < 1.29 is 29.3 Å². The molecule has 0 aliphatic heterocycles. The summed E-state index contributed by atoms with van der Waals surface area (Å²) in [6.45, 7) is 8.17. The van der Waals surface area contributed by atoms with Crippen LogP contribution < -0.4 is 9.47 Å². The van der Waals surface area contributed by atoms with Crippen molar-refractivity contribution in [3.63, 3.8) is 0 Å². The minimum Gasteiger partial charge on any atom is -0.516 e. The number of hydrogen-bond donors (Lipinski definition) is 0. The second-order valence-electron chi connectivity index (χ2n) is 8.90. The Kier molecular flexibility index (Phi) is 13.0. The first-order valence-corrected chi connectivity index (χ1v) is 13.2. The zero-order chi connectivity index (χ0) is 29.6. The fourth-order valence-corrected chi connectivity index (χ4v) is 3.62. The molecule has 0 unspecified atom stereocenters. The number of benzene rings is 1. The molecule has 5 aromatic heterocycles. The van der Waals surface area contributed by atoms with E-state index in [-0.39, 0.29) is 19.8 Å². The van der Waals surface area contributed by atoms with Crippen molar-refractivity contribution in [3.05, 3.63) is 140 Å². The molecular weight excluding hydrogens is 717 g/mol. The van der Waals surface area contributed by atoms with Crippen LogP contribution >= 0.6 is 0 Å². The Bertz CT molecular complexity index is 1600. The molecule has 5 heterocycles. The zero-order valence-electron chi connectivity index (χ0n) is 24.2. The molecule has 0 aliphatic rings. The molecular formula is C33H32N7O2Os. The third-order valence-electron chi connectivity index (χ3n) is 5.66. The maximum atomic E-state index is 5.47. The summed E-state index contributed by atoms with van der Waals surface area (Å²) in [7, 11) is 1.64. The average Bonchev–Trinajstić information content (AvgIpc) is 3.77. The monoisotopic (exact) mass is 750 g/mol. The molecule has 0 amide bonds. The molecule has 0 spiro atoms. The van der Waals surface area contributed by atoms with Crippen LogP contribution in [0.2, 0.25) is 0 Å². The van der Waals surface area contributed by atoms with Crippen LogP contribution in [0, 0.1) is 19.9 Å². The summed E-state index contributed by atoms with van der Waals surface area (Å²) in [5, 5.41) is 8.16. The zero-order valence-corrected chi connectivity index (χ0v) is 26.7. The summed E-state index contributed by atoms with van der Waals surface area (Å²) < 4.78 is 14.1. The summed E-state index contributed by atoms with van der Waals surface area (Å²) in [6.07, 6.45) is 14.2. The number of methoxy groups -OCH3 is 1. The van der Waals surface area contributed by atoms with E-state index in [9.17, 15) is 0 Å². The summed E-state index contributed by atoms with van der Waals surface area (Å²) in [6, 6.07) is 24.0. The smallest absolute Gasteiger partial charge is 0.516 e. The van der Waals surface area contributed by atoms with Gasteiger partial charge in [-0.25, -0.2) is 19.3 Å². The van der Waals surface area contributed by atoms with Gasteiger partial charge in [0, 0.05) is 49.1 Å². The topological polar surface area (TPSA) is 92.8 Å². The van der Waals surface area contributed by atoms with Gasteiger partial charge < -0.3 is 14.5 Å². The van der Waals surface area contributed by atoms with Crippen LogP contribution in [-0.2, 0) is 19.8 Å². The van der Waals surface area contributed by atoms with Crippen molar-refractivity contribution in [2.45, 2.75) is 13.8 Å². The number of pyridine rings is 3. The fraction of sp³-hybridized carbons (Fsp3) is 0.121. The molecule has 0 aliphatic carbocycles. The summed E-state index contributed by atoms with van der Waals surface area (Å²) in [4.78, 5) is 12.7. The minimum atomic E-state index is 0. The van der Waals surface area contributed by atoms with E-state index in [1.807, 2.05) is 93.0 Å². The van der Waals surface area contributed by atoms with Gasteiger partial charge in [-0.1, -0.05) is 12.7 Å². The molecule has 1 aromatic carbocycles. The molecule has 0 fully saturated rings. The number of rotatable bonds is 7. The fourth-order valence-electron chi connectivity index (χ4n) is 3.62. The van der Waals surface area contributed by atoms with E-state index in [0.29, 0.717) is 6.61 Å². The van der Waals surface area contributed by atoms with Crippen LogP contribution in [0.5, 0.6) is 11.5 Å². The third kappa shape index (κ3) is 10.1. The maximum absolute atomic E-state index is 5.47. The van der Waals surface area contributed by atoms with Crippen molar-refractivity contribution in [3.8, 4) is 34.4 Å². The second kappa shape index (κ2) is 17.1. The van der Waals surface area contributed by atoms with E-state index in [1.165, 1.54) is 11.1 Å². The third-order valence-corrected chi connectivity index (χ3v) is 5.66. The molecule has 43 heavy (non-hydrogen) atoms. The predicted octanol–water partition coefficient (Wildman–Crippen LogP) is 6.27. The van der Waals surface area contributed by atoms with Crippen LogP contribution in [-0.4, -0.2) is 48.2 Å². The molecule has 0 N–H and O–H groups in total. The first kappa shape index (κ1) is 32.6. The van der Waals surface area contributed by atoms with Gasteiger partial charge in [-0.05, 0) is 79.2 Å². The van der Waals surface area contributed by atoms with Gasteiger partial charge in [-0.3, -0.25) is 0 Å². The van der Waals surface area contributed by atoms with Gasteiger partial charge in [-0.2, -0.15) is 10.2 Å². The quantitative estimate of drug-likeness (QED) is 0.140. The standard InChI is InChI=1S/C15H14NO2.2C9H9N3.Os/c1-3-9-18-14-7-8-16-15(11-14)12-5-4-6-13(10-12)17-2;2*1-8-3-5-10-9(7-8)12-6-2-4-11-12;/h3-4,6-8,10-11H,1,9H2,2H3;2*2-7H,1H3;/q-1;;;+1. The van der Waals surface area contributed by atoms with Crippen LogP contribution in [0.3, 0.4) is 0 Å². The van der Waals surface area contributed by atoms with E-state index in [2.05, 4.69) is 37.8 Å². The number of ether oxygens (including phenoxy) is 2. The van der Waals surface area contributed by atoms with Crippen LogP contribution in [0.15, 0.2) is 123 Å². The Balaban J connectivity index is 0.000000180. The van der Waals surface area contributed by atoms with E-state index < -0.39 is 0 Å². The number of nitrogens with zero attached hydrogens (tertiary/aromatic N) is 7. The molecule has 0 bridgehead atoms. The molecule has 0 atom stereocenters. The summed E-state index contributed by atoms with van der Waals surface area (Å²) in [5.74, 6) is 3.26. The van der Waals surface area contributed by atoms with E-state index in [1.54, 1.807) is 53.5 Å². The molecule has 0 saturated heterocycles. The van der Waals surface area contributed by atoms with Gasteiger partial charge in [0.05, 0.1) is 7.11 Å². The predicted molar refractivity (Wildman–Crippen MR) is 163 cm³/mol. The Morgan fingerprint density at radius 1 is 0.767 bits per heavy atom. The van der Waals surface area contributed by atoms with E-state index >= 15 is 0 Å². The van der Waals surface area contributed by atoms with Gasteiger partial charge in [0.2, 0.25) is 0 Å². The molecule has 1 radical (unpaired) electrons. The largest absolute Gasteiger partial charge is 1.00 e. The van der Waals surface area contributed by atoms with Crippen LogP contribution in [0.1, 0.15) is 11.1 Å². The SMILES string of the molecule is C=CCOc1ccnc(-c2[c-]ccc(OC)c2)c1.Cc1ccnc(-n2cccn2)c1.Cc1ccnc(-n2cccn2)c1.[Os+]. The molecule has 219 valence electrons. The molecule has 6 rings (SSSR count). The van der Waals surface area contributed by atoms with E-state index in [0.717, 1.165) is 34.4 Å². The molecule has 0 saturated carbocycles. The summed E-state index contributed by atoms with van der Waals surface area (Å²) in [5.41, 5.74) is 4.06. The molecule has 6 aromatic rings. The van der Waals surface area contributed by atoms with Crippen molar-refractivity contribution >= 4 is 0 Å². The Labute approximate surface area is 265 Å². The van der Waals surface area contributed by atoms with Gasteiger partial charge in [0.25, 0.3) is 0 Å². The Morgan fingerprint density at radius 2 is 1.37 bits per heavy atom. The Hall–Kier alpha value is -4.93. The van der Waals surface area contributed by atoms with Gasteiger partial charge >= 0.3 is 19.8 Å². The Morgan fingerprint density at radius 3 is 1.88 bits per heavy atom. The van der Waals surface area contributed by atoms with E-state index in [4.69, 9.17) is 9.47 Å². The molecule has 10 heteroatoms. The van der Waals surface area contributed by atoms with Crippen molar-refractivity contribution in [1.29, 1.82) is 0 Å². The van der Waals surface area contributed by atoms with Crippen molar-refractivity contribution in [2.24, 2.45) is 0 Å². The first-order chi connectivity index (χ1) is 20.6. The van der Waals surface area contributed by atoms with Crippen molar-refractivity contribution in [1.82, 2.24) is 34.5 Å². The number of aryl methyl sites for hydroxylation is 2. The minimum absolute atomic E-state index is 0. The maximum Gasteiger partial charge on any atom is 1.00 e. The van der Waals surface area contributed by atoms with Crippen LogP contribution in [0.25, 0.3) is 22.9 Å². The number of hydrogen-bond acceptors (Lipinski definition) is 7. The second-order valence-corrected chi connectivity index (χ2v) is 8.90. The average molecular weight is 749 g/mol. The summed E-state index contributed by atoms with van der Waals surface area (Å²) >= 11 is 0. The van der Waals surface area contributed by atoms with Crippen LogP contribution in [0.4, 0.5) is 0 Å². The van der Waals surface area contributed by atoms with Gasteiger partial charge in [-0.15, -0.1) is 29.8 Å².